The number of hydrogen-bond donors (Lipinski definition) is 0. The van der Waals surface area contributed by atoms with Gasteiger partial charge in [0.15, 0.2) is 18.4 Å². The first-order chi connectivity index (χ1) is 13.7. The summed E-state index contributed by atoms with van der Waals surface area (Å²) in [6.45, 7) is 7.48. The van der Waals surface area contributed by atoms with Crippen LogP contribution < -0.4 is 0 Å². The fourth-order valence-electron chi connectivity index (χ4n) is 3.27. The van der Waals surface area contributed by atoms with E-state index in [4.69, 9.17) is 18.9 Å². The van der Waals surface area contributed by atoms with Crippen molar-refractivity contribution in [1.82, 2.24) is 15.0 Å². The van der Waals surface area contributed by atoms with Crippen LogP contribution in [0.5, 0.6) is 0 Å². The Hall–Kier alpha value is -3.01. The Morgan fingerprint density at radius 2 is 1.62 bits per heavy atom. The number of fused-ring (bicyclic) bond motifs is 1. The topological polar surface area (TPSA) is 119 Å². The van der Waals surface area contributed by atoms with Crippen LogP contribution in [-0.2, 0) is 33.3 Å². The van der Waals surface area contributed by atoms with Gasteiger partial charge < -0.3 is 18.9 Å². The van der Waals surface area contributed by atoms with E-state index in [1.54, 1.807) is 0 Å². The second kappa shape index (κ2) is 8.16. The first-order valence-corrected chi connectivity index (χ1v) is 9.12. The molecular weight excluding hydrogens is 382 g/mol. The van der Waals surface area contributed by atoms with Crippen molar-refractivity contribution in [3.05, 3.63) is 23.3 Å². The Balaban J connectivity index is 2.03. The molecule has 0 bridgehead atoms. The van der Waals surface area contributed by atoms with Gasteiger partial charge in [-0.25, -0.2) is 4.68 Å². The first-order valence-electron chi connectivity index (χ1n) is 9.12. The van der Waals surface area contributed by atoms with E-state index in [1.807, 2.05) is 26.0 Å². The van der Waals surface area contributed by atoms with Crippen LogP contribution in [0.25, 0.3) is 11.0 Å². The van der Waals surface area contributed by atoms with Crippen molar-refractivity contribution >= 4 is 28.9 Å². The summed E-state index contributed by atoms with van der Waals surface area (Å²) in [7, 11) is 0. The summed E-state index contributed by atoms with van der Waals surface area (Å²) < 4.78 is 23.3. The van der Waals surface area contributed by atoms with Crippen LogP contribution in [-0.4, -0.2) is 57.8 Å². The van der Waals surface area contributed by atoms with E-state index in [0.717, 1.165) is 11.1 Å². The van der Waals surface area contributed by atoms with Crippen molar-refractivity contribution in [3.63, 3.8) is 0 Å². The Morgan fingerprint density at radius 3 is 2.24 bits per heavy atom. The second-order valence-electron chi connectivity index (χ2n) is 6.97. The standard InChI is InChI=1S/C19H23N3O7/c1-9-6-14-15(7-10(9)2)22(21-20-14)19-18(28-13(5)25)17(27-12(4)24)16(29-19)8-26-11(3)23/h6-7,16-19H,8H2,1-5H3/t16-,17-,18-,19+/m1/s1. The Labute approximate surface area is 167 Å². The van der Waals surface area contributed by atoms with Crippen molar-refractivity contribution in [2.75, 3.05) is 6.61 Å². The molecule has 0 N–H and O–H groups in total. The maximum absolute atomic E-state index is 11.7. The lowest BCUT2D eigenvalue weighted by Gasteiger charge is -2.23. The molecule has 0 amide bonds. The number of esters is 3. The summed E-state index contributed by atoms with van der Waals surface area (Å²) in [5.41, 5.74) is 3.39. The van der Waals surface area contributed by atoms with Crippen molar-refractivity contribution in [2.24, 2.45) is 0 Å². The van der Waals surface area contributed by atoms with E-state index in [2.05, 4.69) is 10.3 Å². The lowest BCUT2D eigenvalue weighted by atomic mass is 10.1. The highest BCUT2D eigenvalue weighted by Crippen LogP contribution is 2.35. The van der Waals surface area contributed by atoms with E-state index in [1.165, 1.54) is 25.5 Å². The average Bonchev–Trinajstić information content (AvgIpc) is 3.14. The van der Waals surface area contributed by atoms with E-state index >= 15 is 0 Å². The number of rotatable bonds is 5. The molecule has 10 heteroatoms. The van der Waals surface area contributed by atoms with E-state index < -0.39 is 42.4 Å². The number of hydrogen-bond acceptors (Lipinski definition) is 9. The molecule has 0 radical (unpaired) electrons. The number of nitrogens with zero attached hydrogens (tertiary/aromatic N) is 3. The normalized spacial score (nSPS) is 23.8. The van der Waals surface area contributed by atoms with Crippen LogP contribution >= 0.6 is 0 Å². The molecule has 1 aromatic carbocycles. The molecule has 4 atom stereocenters. The number of carbonyl (C=O) groups is 3. The maximum atomic E-state index is 11.7. The smallest absolute Gasteiger partial charge is 0.303 e. The van der Waals surface area contributed by atoms with Gasteiger partial charge >= 0.3 is 17.9 Å². The van der Waals surface area contributed by atoms with Gasteiger partial charge in [-0.15, -0.1) is 5.10 Å². The zero-order chi connectivity index (χ0) is 21.3. The lowest BCUT2D eigenvalue weighted by Crippen LogP contribution is -2.40. The predicted molar refractivity (Wildman–Crippen MR) is 98.7 cm³/mol. The van der Waals surface area contributed by atoms with Crippen LogP contribution in [0.15, 0.2) is 12.1 Å². The molecule has 2 heterocycles. The number of benzene rings is 1. The van der Waals surface area contributed by atoms with Gasteiger partial charge in [-0.05, 0) is 37.1 Å². The molecule has 0 aliphatic carbocycles. The molecule has 1 aliphatic heterocycles. The third kappa shape index (κ3) is 4.37. The summed E-state index contributed by atoms with van der Waals surface area (Å²) in [5, 5.41) is 8.33. The molecule has 29 heavy (non-hydrogen) atoms. The molecule has 156 valence electrons. The van der Waals surface area contributed by atoms with Crippen LogP contribution in [0.1, 0.15) is 38.1 Å². The third-order valence-electron chi connectivity index (χ3n) is 4.67. The van der Waals surface area contributed by atoms with Gasteiger partial charge in [0, 0.05) is 20.8 Å². The molecule has 0 saturated carbocycles. The molecule has 1 aromatic heterocycles. The highest BCUT2D eigenvalue weighted by Gasteiger charge is 2.51. The Morgan fingerprint density at radius 1 is 1.00 bits per heavy atom. The minimum absolute atomic E-state index is 0.174. The first kappa shape index (κ1) is 20.7. The number of aromatic nitrogens is 3. The van der Waals surface area contributed by atoms with Crippen molar-refractivity contribution in [3.8, 4) is 0 Å². The van der Waals surface area contributed by atoms with Gasteiger partial charge in [0.05, 0.1) is 5.52 Å². The summed E-state index contributed by atoms with van der Waals surface area (Å²) in [6.07, 6.45) is -3.74. The molecule has 0 spiro atoms. The van der Waals surface area contributed by atoms with E-state index in [0.29, 0.717) is 11.0 Å². The molecule has 0 unspecified atom stereocenters. The van der Waals surface area contributed by atoms with Crippen molar-refractivity contribution in [1.29, 1.82) is 0 Å². The van der Waals surface area contributed by atoms with Gasteiger partial charge in [-0.3, -0.25) is 14.4 Å². The minimum atomic E-state index is -0.997. The molecule has 1 fully saturated rings. The van der Waals surface area contributed by atoms with Gasteiger partial charge in [-0.2, -0.15) is 0 Å². The third-order valence-corrected chi connectivity index (χ3v) is 4.67. The molecule has 10 nitrogen and oxygen atoms in total. The summed E-state index contributed by atoms with van der Waals surface area (Å²) in [5.74, 6) is -1.68. The highest BCUT2D eigenvalue weighted by molar-refractivity contribution is 5.76. The number of carbonyl (C=O) groups excluding carboxylic acids is 3. The van der Waals surface area contributed by atoms with E-state index in [-0.39, 0.29) is 6.61 Å². The van der Waals surface area contributed by atoms with Gasteiger partial charge in [0.1, 0.15) is 18.2 Å². The molecule has 3 rings (SSSR count). The number of aryl methyl sites for hydroxylation is 2. The zero-order valence-corrected chi connectivity index (χ0v) is 16.9. The Bertz CT molecular complexity index is 955. The fraction of sp³-hybridized carbons (Fsp3) is 0.526. The maximum Gasteiger partial charge on any atom is 0.303 e. The Kier molecular flexibility index (Phi) is 5.83. The van der Waals surface area contributed by atoms with Crippen LogP contribution in [0, 0.1) is 13.8 Å². The SMILES string of the molecule is CC(=O)OC[C@H]1O[C@H](n2nnc3cc(C)c(C)cc32)[C@H](OC(C)=O)[C@@H]1OC(C)=O. The largest absolute Gasteiger partial charge is 0.463 e. The van der Waals surface area contributed by atoms with Crippen molar-refractivity contribution in [2.45, 2.75) is 59.2 Å². The quantitative estimate of drug-likeness (QED) is 0.536. The highest BCUT2D eigenvalue weighted by atomic mass is 16.7. The van der Waals surface area contributed by atoms with Gasteiger partial charge in [0.2, 0.25) is 0 Å². The molecule has 1 aliphatic rings. The van der Waals surface area contributed by atoms with Gasteiger partial charge in [0.25, 0.3) is 0 Å². The molecule has 2 aromatic rings. The van der Waals surface area contributed by atoms with Crippen molar-refractivity contribution < 1.29 is 33.3 Å². The second-order valence-corrected chi connectivity index (χ2v) is 6.97. The molecule has 1 saturated heterocycles. The summed E-state index contributed by atoms with van der Waals surface area (Å²) in [6, 6.07) is 3.79. The minimum Gasteiger partial charge on any atom is -0.463 e. The van der Waals surface area contributed by atoms with E-state index in [9.17, 15) is 14.4 Å². The number of ether oxygens (including phenoxy) is 4. The monoisotopic (exact) mass is 405 g/mol. The van der Waals surface area contributed by atoms with Crippen LogP contribution in [0.4, 0.5) is 0 Å². The summed E-state index contributed by atoms with van der Waals surface area (Å²) in [4.78, 5) is 34.6. The lowest BCUT2D eigenvalue weighted by molar-refractivity contribution is -0.166. The average molecular weight is 405 g/mol. The van der Waals surface area contributed by atoms with Crippen LogP contribution in [0.2, 0.25) is 0 Å². The molecular formula is C19H23N3O7. The van der Waals surface area contributed by atoms with Gasteiger partial charge in [-0.1, -0.05) is 5.21 Å². The van der Waals surface area contributed by atoms with Crippen LogP contribution in [0.3, 0.4) is 0 Å². The zero-order valence-electron chi connectivity index (χ0n) is 16.9. The fourth-order valence-corrected chi connectivity index (χ4v) is 3.27. The predicted octanol–water partition coefficient (Wildman–Crippen LogP) is 1.37. The summed E-state index contributed by atoms with van der Waals surface area (Å²) >= 11 is 0.